The summed E-state index contributed by atoms with van der Waals surface area (Å²) in [5.41, 5.74) is 1.29. The van der Waals surface area contributed by atoms with Crippen molar-refractivity contribution >= 4 is 43.6 Å². The lowest BCUT2D eigenvalue weighted by Gasteiger charge is -2.34. The van der Waals surface area contributed by atoms with Gasteiger partial charge in [0, 0.05) is 37.6 Å². The molecule has 0 radical (unpaired) electrons. The number of nitrogens with zero attached hydrogens (tertiary/aromatic N) is 3. The standard InChI is InChI=1S/C29H34BrFN4O4S/c1-21(2)32-29(37)27(18-22-11-6-5-7-12-22)34(19-23-13-10-14-24(30)17-23)28(36)20-35(40(38,39)33(3)4)26-16-9-8-15-25(26)31/h5-17,21,27H,18-20H2,1-4H3,(H,32,37)/t27-/m1/s1. The van der Waals surface area contributed by atoms with Crippen LogP contribution in [0, 0.1) is 5.82 Å². The van der Waals surface area contributed by atoms with Gasteiger partial charge in [-0.2, -0.15) is 12.7 Å². The van der Waals surface area contributed by atoms with E-state index in [0.29, 0.717) is 0 Å². The van der Waals surface area contributed by atoms with Crippen LogP contribution in [0.2, 0.25) is 0 Å². The summed E-state index contributed by atoms with van der Waals surface area (Å²) in [7, 11) is -1.66. The minimum absolute atomic E-state index is 0.0222. The van der Waals surface area contributed by atoms with Gasteiger partial charge in [-0.05, 0) is 49.2 Å². The van der Waals surface area contributed by atoms with Gasteiger partial charge in [0.15, 0.2) is 0 Å². The lowest BCUT2D eigenvalue weighted by atomic mass is 10.0. The first kappa shape index (κ1) is 31.3. The molecule has 0 unspecified atom stereocenters. The van der Waals surface area contributed by atoms with Crippen LogP contribution in [0.5, 0.6) is 0 Å². The minimum atomic E-state index is -4.28. The summed E-state index contributed by atoms with van der Waals surface area (Å²) in [6.07, 6.45) is 0.194. The summed E-state index contributed by atoms with van der Waals surface area (Å²) in [6.45, 7) is 2.95. The number of amides is 2. The maximum Gasteiger partial charge on any atom is 0.304 e. The van der Waals surface area contributed by atoms with Crippen molar-refractivity contribution in [1.29, 1.82) is 0 Å². The average Bonchev–Trinajstić information content (AvgIpc) is 2.89. The fraction of sp³-hybridized carbons (Fsp3) is 0.310. The lowest BCUT2D eigenvalue weighted by Crippen LogP contribution is -2.55. The van der Waals surface area contributed by atoms with Gasteiger partial charge >= 0.3 is 10.2 Å². The highest BCUT2D eigenvalue weighted by Gasteiger charge is 2.35. The Morgan fingerprint density at radius 1 is 0.925 bits per heavy atom. The Labute approximate surface area is 244 Å². The zero-order valence-electron chi connectivity index (χ0n) is 22.9. The third kappa shape index (κ3) is 8.12. The third-order valence-corrected chi connectivity index (χ3v) is 8.38. The summed E-state index contributed by atoms with van der Waals surface area (Å²) in [4.78, 5) is 29.0. The molecular formula is C29H34BrFN4O4S. The van der Waals surface area contributed by atoms with Crippen molar-refractivity contribution in [2.75, 3.05) is 24.9 Å². The first-order chi connectivity index (χ1) is 18.9. The normalized spacial score (nSPS) is 12.3. The number of anilines is 1. The van der Waals surface area contributed by atoms with Crippen molar-refractivity contribution < 1.29 is 22.4 Å². The summed E-state index contributed by atoms with van der Waals surface area (Å²) in [6, 6.07) is 20.8. The van der Waals surface area contributed by atoms with Gasteiger partial charge in [0.2, 0.25) is 11.8 Å². The molecule has 1 N–H and O–H groups in total. The van der Waals surface area contributed by atoms with Gasteiger partial charge in [0.1, 0.15) is 18.4 Å². The molecule has 0 saturated heterocycles. The monoisotopic (exact) mass is 632 g/mol. The van der Waals surface area contributed by atoms with E-state index in [1.54, 1.807) is 0 Å². The van der Waals surface area contributed by atoms with Gasteiger partial charge in [-0.15, -0.1) is 0 Å². The van der Waals surface area contributed by atoms with Gasteiger partial charge in [-0.1, -0.05) is 70.5 Å². The predicted molar refractivity (Wildman–Crippen MR) is 158 cm³/mol. The topological polar surface area (TPSA) is 90.0 Å². The molecule has 0 aromatic heterocycles. The summed E-state index contributed by atoms with van der Waals surface area (Å²) in [5.74, 6) is -1.83. The minimum Gasteiger partial charge on any atom is -0.352 e. The number of nitrogens with one attached hydrogen (secondary N) is 1. The fourth-order valence-electron chi connectivity index (χ4n) is 4.12. The van der Waals surface area contributed by atoms with Crippen LogP contribution in [0.4, 0.5) is 10.1 Å². The molecule has 3 aromatic carbocycles. The van der Waals surface area contributed by atoms with Gasteiger partial charge in [0.25, 0.3) is 0 Å². The van der Waals surface area contributed by atoms with E-state index in [1.165, 1.54) is 37.2 Å². The van der Waals surface area contributed by atoms with Crippen LogP contribution in [0.25, 0.3) is 0 Å². The molecule has 40 heavy (non-hydrogen) atoms. The maximum absolute atomic E-state index is 14.9. The number of hydrogen-bond donors (Lipinski definition) is 1. The van der Waals surface area contributed by atoms with E-state index >= 15 is 0 Å². The number of halogens is 2. The molecule has 3 aromatic rings. The highest BCUT2D eigenvalue weighted by molar-refractivity contribution is 9.10. The molecule has 1 atom stereocenters. The summed E-state index contributed by atoms with van der Waals surface area (Å²) >= 11 is 3.45. The highest BCUT2D eigenvalue weighted by Crippen LogP contribution is 2.25. The second-order valence-corrected chi connectivity index (χ2v) is 12.8. The highest BCUT2D eigenvalue weighted by atomic mass is 79.9. The predicted octanol–water partition coefficient (Wildman–Crippen LogP) is 4.37. The third-order valence-electron chi connectivity index (χ3n) is 6.08. The number of hydrogen-bond acceptors (Lipinski definition) is 4. The Hall–Kier alpha value is -3.28. The second-order valence-electron chi connectivity index (χ2n) is 9.77. The Morgan fingerprint density at radius 2 is 1.55 bits per heavy atom. The molecule has 214 valence electrons. The quantitative estimate of drug-likeness (QED) is 0.321. The van der Waals surface area contributed by atoms with Crippen LogP contribution in [-0.2, 0) is 32.8 Å². The largest absolute Gasteiger partial charge is 0.352 e. The Balaban J connectivity index is 2.11. The molecule has 11 heteroatoms. The molecule has 0 aliphatic heterocycles. The smallest absolute Gasteiger partial charge is 0.304 e. The van der Waals surface area contributed by atoms with Gasteiger partial charge in [-0.25, -0.2) is 8.70 Å². The fourth-order valence-corrected chi connectivity index (χ4v) is 5.63. The number of carbonyl (C=O) groups excluding carboxylic acids is 2. The van der Waals surface area contributed by atoms with Crippen molar-refractivity contribution in [3.63, 3.8) is 0 Å². The maximum atomic E-state index is 14.9. The van der Waals surface area contributed by atoms with Crippen LogP contribution < -0.4 is 9.62 Å². The van der Waals surface area contributed by atoms with E-state index in [4.69, 9.17) is 0 Å². The van der Waals surface area contributed by atoms with Crippen LogP contribution in [0.15, 0.2) is 83.3 Å². The molecule has 0 aliphatic carbocycles. The molecular weight excluding hydrogens is 599 g/mol. The Bertz CT molecular complexity index is 1420. The Morgan fingerprint density at radius 3 is 2.15 bits per heavy atom. The van der Waals surface area contributed by atoms with Gasteiger partial charge in [-0.3, -0.25) is 9.59 Å². The zero-order valence-corrected chi connectivity index (χ0v) is 25.3. The molecule has 0 aliphatic rings. The number of rotatable bonds is 12. The summed E-state index contributed by atoms with van der Waals surface area (Å²) < 4.78 is 43.9. The van der Waals surface area contributed by atoms with E-state index in [2.05, 4.69) is 21.2 Å². The van der Waals surface area contributed by atoms with E-state index in [-0.39, 0.29) is 30.6 Å². The molecule has 0 fully saturated rings. The molecule has 0 heterocycles. The molecule has 2 amide bonds. The first-order valence-electron chi connectivity index (χ1n) is 12.7. The van der Waals surface area contributed by atoms with Crippen molar-refractivity contribution in [3.05, 3.63) is 100 Å². The van der Waals surface area contributed by atoms with E-state index < -0.39 is 34.5 Å². The summed E-state index contributed by atoms with van der Waals surface area (Å²) in [5, 5.41) is 2.90. The average molecular weight is 634 g/mol. The lowest BCUT2D eigenvalue weighted by molar-refractivity contribution is -0.140. The second kappa shape index (κ2) is 13.9. The molecule has 8 nitrogen and oxygen atoms in total. The number of benzene rings is 3. The Kier molecular flexibility index (Phi) is 10.8. The van der Waals surface area contributed by atoms with Gasteiger partial charge in [0.05, 0.1) is 5.69 Å². The number of carbonyl (C=O) groups is 2. The SMILES string of the molecule is CC(C)NC(=O)[C@@H](Cc1ccccc1)N(Cc1cccc(Br)c1)C(=O)CN(c1ccccc1F)S(=O)(=O)N(C)C. The molecule has 0 bridgehead atoms. The molecule has 0 saturated carbocycles. The van der Waals surface area contributed by atoms with Crippen LogP contribution in [0.1, 0.15) is 25.0 Å². The van der Waals surface area contributed by atoms with E-state index in [0.717, 1.165) is 30.3 Å². The van der Waals surface area contributed by atoms with Crippen LogP contribution >= 0.6 is 15.9 Å². The van der Waals surface area contributed by atoms with Gasteiger partial charge < -0.3 is 10.2 Å². The first-order valence-corrected chi connectivity index (χ1v) is 14.9. The molecule has 0 spiro atoms. The van der Waals surface area contributed by atoms with Crippen molar-refractivity contribution in [2.45, 2.75) is 38.9 Å². The molecule has 3 rings (SSSR count). The van der Waals surface area contributed by atoms with Crippen LogP contribution in [-0.4, -0.2) is 62.2 Å². The number of para-hydroxylation sites is 1. The van der Waals surface area contributed by atoms with Crippen molar-refractivity contribution in [1.82, 2.24) is 14.5 Å². The zero-order chi connectivity index (χ0) is 29.4. The van der Waals surface area contributed by atoms with Crippen molar-refractivity contribution in [3.8, 4) is 0 Å². The van der Waals surface area contributed by atoms with E-state index in [1.807, 2.05) is 68.4 Å². The van der Waals surface area contributed by atoms with E-state index in [9.17, 15) is 22.4 Å². The van der Waals surface area contributed by atoms with Crippen molar-refractivity contribution in [2.24, 2.45) is 0 Å². The van der Waals surface area contributed by atoms with Crippen LogP contribution in [0.3, 0.4) is 0 Å².